The summed E-state index contributed by atoms with van der Waals surface area (Å²) >= 11 is 0. The molecule has 16 heavy (non-hydrogen) atoms. The van der Waals surface area contributed by atoms with Crippen LogP contribution in [0.1, 0.15) is 26.3 Å². The third kappa shape index (κ3) is 7.20. The molecule has 0 radical (unpaired) electrons. The summed E-state index contributed by atoms with van der Waals surface area (Å²) in [4.78, 5) is 10.8. The van der Waals surface area contributed by atoms with Crippen molar-refractivity contribution in [2.45, 2.75) is 27.2 Å². The molecule has 1 aromatic rings. The second kappa shape index (κ2) is 11.4. The zero-order valence-electron chi connectivity index (χ0n) is 9.81. The van der Waals surface area contributed by atoms with Crippen LogP contribution in [0.5, 0.6) is 0 Å². The first-order valence-corrected chi connectivity index (χ1v) is 5.18. The first-order chi connectivity index (χ1) is 7.24. The Labute approximate surface area is 127 Å². The van der Waals surface area contributed by atoms with Gasteiger partial charge in [-0.05, 0) is 12.0 Å². The molecule has 2 nitrogen and oxygen atoms in total. The molecule has 0 bridgehead atoms. The van der Waals surface area contributed by atoms with Crippen molar-refractivity contribution >= 4 is 5.91 Å². The van der Waals surface area contributed by atoms with Gasteiger partial charge in [0.2, 0.25) is 0 Å². The van der Waals surface area contributed by atoms with E-state index in [4.69, 9.17) is 0 Å². The third-order valence-electron chi connectivity index (χ3n) is 1.93. The minimum Gasteiger partial charge on any atom is -0.272 e. The van der Waals surface area contributed by atoms with Crippen molar-refractivity contribution in [3.8, 4) is 0 Å². The molecular weight excluding hydrogens is 233 g/mol. The zero-order valence-corrected chi connectivity index (χ0v) is 10.5. The second-order valence-corrected chi connectivity index (χ2v) is 3.05. The smallest absolute Gasteiger partial charge is 0.250 e. The number of nitrogens with one attached hydrogen (secondary N) is 1. The molecule has 1 rings (SSSR count). The summed E-state index contributed by atoms with van der Waals surface area (Å²) in [6, 6.07) is 9.54. The van der Waals surface area contributed by atoms with E-state index in [2.05, 4.69) is 0 Å². The molecule has 0 fully saturated rings. The second-order valence-electron chi connectivity index (χ2n) is 3.05. The fourth-order valence-corrected chi connectivity index (χ4v) is 1.15. The Bertz CT molecular complexity index is 280. The molecule has 1 amide bonds. The van der Waals surface area contributed by atoms with E-state index in [0.717, 1.165) is 11.1 Å². The standard InChI is InChI=1S/C10H12FNO.C2H6.Ar/c1-8(10(13)12-11)7-9-5-3-2-4-6-9;1-2;/h2-6,8H,7H2,1H3,(H,12,13);1-2H3;/t8-;;/m0../s1. The van der Waals surface area contributed by atoms with Crippen LogP contribution in [-0.2, 0) is 11.2 Å². The van der Waals surface area contributed by atoms with Crippen LogP contribution in [0.15, 0.2) is 30.3 Å². The SMILES string of the molecule is CC.C[C@@H](Cc1ccccc1)C(=O)NF.[Ar]. The number of benzene rings is 1. The van der Waals surface area contributed by atoms with Crippen molar-refractivity contribution < 1.29 is 47.0 Å². The normalized spacial score (nSPS) is 10.2. The number of hydrogen-bond donors (Lipinski definition) is 1. The van der Waals surface area contributed by atoms with E-state index in [1.165, 1.54) is 0 Å². The molecule has 0 aliphatic heterocycles. The molecule has 0 aromatic heterocycles. The van der Waals surface area contributed by atoms with Gasteiger partial charge in [0, 0.05) is 43.7 Å². The number of amides is 1. The van der Waals surface area contributed by atoms with E-state index in [0.29, 0.717) is 6.42 Å². The predicted octanol–water partition coefficient (Wildman–Crippen LogP) is 2.89. The molecule has 0 spiro atoms. The summed E-state index contributed by atoms with van der Waals surface area (Å²) in [5.41, 5.74) is 2.19. The van der Waals surface area contributed by atoms with E-state index in [1.54, 1.807) is 6.92 Å². The molecule has 0 aliphatic rings. The van der Waals surface area contributed by atoms with Crippen molar-refractivity contribution in [2.75, 3.05) is 0 Å². The van der Waals surface area contributed by atoms with Crippen molar-refractivity contribution in [1.29, 1.82) is 0 Å². The van der Waals surface area contributed by atoms with Crippen LogP contribution < -0.4 is 5.54 Å². The summed E-state index contributed by atoms with van der Waals surface area (Å²) in [7, 11) is 0. The molecule has 0 unspecified atom stereocenters. The Morgan fingerprint density at radius 2 is 1.81 bits per heavy atom. The first kappa shape index (κ1) is 18.3. The van der Waals surface area contributed by atoms with Crippen molar-refractivity contribution in [1.82, 2.24) is 5.54 Å². The van der Waals surface area contributed by atoms with Crippen molar-refractivity contribution in [2.24, 2.45) is 5.92 Å². The summed E-state index contributed by atoms with van der Waals surface area (Å²) in [5, 5.41) is 0. The van der Waals surface area contributed by atoms with Crippen LogP contribution in [-0.4, -0.2) is 5.91 Å². The number of rotatable bonds is 3. The van der Waals surface area contributed by atoms with Gasteiger partial charge in [0.05, 0.1) is 0 Å². The van der Waals surface area contributed by atoms with E-state index in [1.807, 2.05) is 44.2 Å². The number of carbonyl (C=O) groups excluding carboxylic acids is 1. The largest absolute Gasteiger partial charge is 0.272 e. The van der Waals surface area contributed by atoms with Gasteiger partial charge in [-0.25, -0.2) is 0 Å². The van der Waals surface area contributed by atoms with Crippen molar-refractivity contribution in [3.63, 3.8) is 0 Å². The fourth-order valence-electron chi connectivity index (χ4n) is 1.15. The topological polar surface area (TPSA) is 29.1 Å². The number of hydrogen-bond acceptors (Lipinski definition) is 1. The Kier molecular flexibility index (Phi) is 13.0. The molecule has 1 N–H and O–H groups in total. The van der Waals surface area contributed by atoms with Gasteiger partial charge in [0.15, 0.2) is 0 Å². The molecular formula is C12H18ArFNO. The maximum atomic E-state index is 11.7. The average molecular weight is 251 g/mol. The average Bonchev–Trinajstić information content (AvgIpc) is 2.32. The fraction of sp³-hybridized carbons (Fsp3) is 0.417. The van der Waals surface area contributed by atoms with Gasteiger partial charge in [0.25, 0.3) is 5.91 Å². The molecule has 0 saturated carbocycles. The number of carbonyl (C=O) groups is 1. The first-order valence-electron chi connectivity index (χ1n) is 5.18. The van der Waals surface area contributed by atoms with Gasteiger partial charge >= 0.3 is 0 Å². The summed E-state index contributed by atoms with van der Waals surface area (Å²) in [5.74, 6) is -0.892. The van der Waals surface area contributed by atoms with E-state index < -0.39 is 5.91 Å². The van der Waals surface area contributed by atoms with Gasteiger partial charge < -0.3 is 0 Å². The Hall–Kier alpha value is -0.120. The molecule has 0 heterocycles. The zero-order chi connectivity index (χ0) is 11.7. The molecule has 1 atom stereocenters. The van der Waals surface area contributed by atoms with Gasteiger partial charge in [-0.3, -0.25) is 4.79 Å². The van der Waals surface area contributed by atoms with Gasteiger partial charge in [-0.15, -0.1) is 4.48 Å². The molecule has 92 valence electrons. The maximum Gasteiger partial charge on any atom is 0.250 e. The molecule has 0 aliphatic carbocycles. The van der Waals surface area contributed by atoms with Crippen LogP contribution in [0.2, 0.25) is 0 Å². The Balaban J connectivity index is 0. The van der Waals surface area contributed by atoms with Crippen LogP contribution in [0.3, 0.4) is 0 Å². The van der Waals surface area contributed by atoms with Crippen LogP contribution in [0, 0.1) is 43.7 Å². The van der Waals surface area contributed by atoms with Crippen LogP contribution in [0.25, 0.3) is 0 Å². The van der Waals surface area contributed by atoms with E-state index >= 15 is 0 Å². The molecule has 1 aromatic carbocycles. The third-order valence-corrected chi connectivity index (χ3v) is 1.93. The minimum absolute atomic E-state index is 0. The monoisotopic (exact) mass is 251 g/mol. The van der Waals surface area contributed by atoms with Gasteiger partial charge in [0.1, 0.15) is 0 Å². The van der Waals surface area contributed by atoms with Crippen LogP contribution >= 0.6 is 0 Å². The van der Waals surface area contributed by atoms with Gasteiger partial charge in [-0.1, -0.05) is 51.1 Å². The summed E-state index contributed by atoms with van der Waals surface area (Å²) in [6.07, 6.45) is 0.566. The summed E-state index contributed by atoms with van der Waals surface area (Å²) in [6.45, 7) is 5.70. The van der Waals surface area contributed by atoms with Gasteiger partial charge in [-0.2, -0.15) is 5.54 Å². The van der Waals surface area contributed by atoms with E-state index in [9.17, 15) is 9.28 Å². The van der Waals surface area contributed by atoms with Crippen molar-refractivity contribution in [3.05, 3.63) is 35.9 Å². The predicted molar refractivity (Wildman–Crippen MR) is 59.9 cm³/mol. The van der Waals surface area contributed by atoms with E-state index in [-0.39, 0.29) is 43.7 Å². The molecule has 0 saturated heterocycles. The Morgan fingerprint density at radius 3 is 2.25 bits per heavy atom. The number of halogens is 1. The maximum absolute atomic E-state index is 11.7. The Morgan fingerprint density at radius 1 is 1.31 bits per heavy atom. The molecule has 4 heteroatoms. The summed E-state index contributed by atoms with van der Waals surface area (Å²) < 4.78 is 11.7. The van der Waals surface area contributed by atoms with Crippen LogP contribution in [0.4, 0.5) is 4.48 Å². The quantitative estimate of drug-likeness (QED) is 0.822. The minimum atomic E-state index is -0.566.